The number of hydrogen-bond acceptors (Lipinski definition) is 4. The van der Waals surface area contributed by atoms with Crippen molar-refractivity contribution in [3.63, 3.8) is 0 Å². The van der Waals surface area contributed by atoms with E-state index in [4.69, 9.17) is 0 Å². The number of fused-ring (bicyclic) bond motifs is 1. The molecule has 0 bridgehead atoms. The van der Waals surface area contributed by atoms with Gasteiger partial charge in [0.2, 0.25) is 5.91 Å². The van der Waals surface area contributed by atoms with Gasteiger partial charge in [0.25, 0.3) is 5.56 Å². The molecule has 2 heterocycles. The van der Waals surface area contributed by atoms with Crippen LogP contribution in [0.3, 0.4) is 0 Å². The predicted molar refractivity (Wildman–Crippen MR) is 112 cm³/mol. The molecular weight excluding hydrogens is 366 g/mol. The number of anilines is 1. The van der Waals surface area contributed by atoms with Gasteiger partial charge in [-0.25, -0.2) is 9.67 Å². The van der Waals surface area contributed by atoms with E-state index in [1.165, 1.54) is 17.1 Å². The summed E-state index contributed by atoms with van der Waals surface area (Å²) in [5.41, 5.74) is 4.88. The summed E-state index contributed by atoms with van der Waals surface area (Å²) in [6.07, 6.45) is 2.89. The minimum atomic E-state index is -0.300. The molecule has 29 heavy (non-hydrogen) atoms. The van der Waals surface area contributed by atoms with Gasteiger partial charge in [-0.2, -0.15) is 5.10 Å². The molecule has 1 N–H and O–H groups in total. The minimum absolute atomic E-state index is 0.120. The van der Waals surface area contributed by atoms with Gasteiger partial charge in [0.15, 0.2) is 5.65 Å². The maximum atomic E-state index is 12.9. The largest absolute Gasteiger partial charge is 0.324 e. The number of nitrogens with one attached hydrogen (secondary N) is 1. The molecule has 146 valence electrons. The van der Waals surface area contributed by atoms with Gasteiger partial charge in [0, 0.05) is 5.69 Å². The molecule has 4 aromatic rings. The van der Waals surface area contributed by atoms with E-state index in [-0.39, 0.29) is 18.0 Å². The van der Waals surface area contributed by atoms with E-state index in [9.17, 15) is 9.59 Å². The molecule has 0 aliphatic rings. The highest BCUT2D eigenvalue weighted by molar-refractivity contribution is 5.91. The Labute approximate surface area is 167 Å². The van der Waals surface area contributed by atoms with Gasteiger partial charge in [0.1, 0.15) is 18.3 Å². The van der Waals surface area contributed by atoms with Crippen LogP contribution in [0.15, 0.2) is 59.8 Å². The summed E-state index contributed by atoms with van der Waals surface area (Å²) in [4.78, 5) is 29.7. The van der Waals surface area contributed by atoms with Gasteiger partial charge >= 0.3 is 0 Å². The highest BCUT2D eigenvalue weighted by Crippen LogP contribution is 2.18. The maximum absolute atomic E-state index is 12.9. The van der Waals surface area contributed by atoms with Crippen molar-refractivity contribution in [1.29, 1.82) is 0 Å². The average molecular weight is 387 g/mol. The Morgan fingerprint density at radius 1 is 1.03 bits per heavy atom. The fourth-order valence-electron chi connectivity index (χ4n) is 3.27. The number of aromatic nitrogens is 4. The molecule has 2 aromatic heterocycles. The molecule has 0 saturated carbocycles. The third-order valence-corrected chi connectivity index (χ3v) is 5.09. The summed E-state index contributed by atoms with van der Waals surface area (Å²) in [5, 5.41) is 7.57. The number of nitrogens with zero attached hydrogens (tertiary/aromatic N) is 4. The van der Waals surface area contributed by atoms with Crippen LogP contribution >= 0.6 is 0 Å². The van der Waals surface area contributed by atoms with Crippen molar-refractivity contribution in [3.05, 3.63) is 82.0 Å². The number of carbonyl (C=O) groups excluding carboxylic acids is 1. The number of hydrogen-bond donors (Lipinski definition) is 1. The van der Waals surface area contributed by atoms with Gasteiger partial charge in [0.05, 0.1) is 11.9 Å². The van der Waals surface area contributed by atoms with E-state index < -0.39 is 0 Å². The van der Waals surface area contributed by atoms with E-state index in [0.29, 0.717) is 11.0 Å². The Kier molecular flexibility index (Phi) is 4.72. The number of rotatable bonds is 4. The second kappa shape index (κ2) is 7.35. The zero-order valence-corrected chi connectivity index (χ0v) is 16.5. The van der Waals surface area contributed by atoms with Crippen LogP contribution in [0.4, 0.5) is 5.69 Å². The quantitative estimate of drug-likeness (QED) is 0.583. The summed E-state index contributed by atoms with van der Waals surface area (Å²) in [5.74, 6) is -0.284. The Morgan fingerprint density at radius 3 is 2.59 bits per heavy atom. The molecular formula is C22H21N5O2. The lowest BCUT2D eigenvalue weighted by molar-refractivity contribution is -0.116. The third-order valence-electron chi connectivity index (χ3n) is 5.09. The molecule has 2 aromatic carbocycles. The first-order chi connectivity index (χ1) is 14.0. The molecule has 0 atom stereocenters. The van der Waals surface area contributed by atoms with Crippen molar-refractivity contribution in [2.45, 2.75) is 27.3 Å². The second-order valence-electron chi connectivity index (χ2n) is 7.05. The molecule has 0 aliphatic heterocycles. The van der Waals surface area contributed by atoms with Crippen LogP contribution in [-0.2, 0) is 11.3 Å². The summed E-state index contributed by atoms with van der Waals surface area (Å²) in [6.45, 7) is 5.79. The fraction of sp³-hybridized carbons (Fsp3) is 0.182. The molecule has 1 amide bonds. The summed E-state index contributed by atoms with van der Waals surface area (Å²) < 4.78 is 2.94. The average Bonchev–Trinajstić information content (AvgIpc) is 3.13. The Hall–Kier alpha value is -3.74. The highest BCUT2D eigenvalue weighted by Gasteiger charge is 2.14. The smallest absolute Gasteiger partial charge is 0.264 e. The van der Waals surface area contributed by atoms with E-state index in [1.54, 1.807) is 4.68 Å². The topological polar surface area (TPSA) is 81.8 Å². The van der Waals surface area contributed by atoms with Crippen LogP contribution < -0.4 is 10.9 Å². The zero-order valence-electron chi connectivity index (χ0n) is 16.5. The molecule has 0 fully saturated rings. The Bertz CT molecular complexity index is 1290. The van der Waals surface area contributed by atoms with E-state index >= 15 is 0 Å². The first-order valence-electron chi connectivity index (χ1n) is 9.31. The number of aryl methyl sites for hydroxylation is 2. The van der Waals surface area contributed by atoms with Crippen molar-refractivity contribution < 1.29 is 4.79 Å². The first kappa shape index (κ1) is 18.6. The Morgan fingerprint density at radius 2 is 1.79 bits per heavy atom. The normalized spacial score (nSPS) is 11.0. The van der Waals surface area contributed by atoms with Gasteiger partial charge in [-0.05, 0) is 49.6 Å². The Balaban J connectivity index is 1.63. The maximum Gasteiger partial charge on any atom is 0.264 e. The van der Waals surface area contributed by atoms with Crippen LogP contribution in [0.25, 0.3) is 16.7 Å². The van der Waals surface area contributed by atoms with Gasteiger partial charge in [-0.1, -0.05) is 30.3 Å². The van der Waals surface area contributed by atoms with E-state index in [2.05, 4.69) is 15.4 Å². The van der Waals surface area contributed by atoms with Crippen LogP contribution in [0.2, 0.25) is 0 Å². The standard InChI is InChI=1S/C22H21N5O2/c1-14-8-6-9-18(16(14)3)25-20(28)12-26-13-23-21-17(22(26)29)11-24-27(21)19-10-5-4-7-15(19)2/h4-11,13H,12H2,1-3H3,(H,25,28). The van der Waals surface area contributed by atoms with E-state index in [0.717, 1.165) is 28.1 Å². The zero-order chi connectivity index (χ0) is 20.5. The predicted octanol–water partition coefficient (Wildman–Crippen LogP) is 3.15. The molecule has 0 spiro atoms. The number of carbonyl (C=O) groups is 1. The number of benzene rings is 2. The third kappa shape index (κ3) is 3.42. The molecule has 0 unspecified atom stereocenters. The van der Waals surface area contributed by atoms with Crippen molar-refractivity contribution in [3.8, 4) is 5.69 Å². The van der Waals surface area contributed by atoms with Crippen LogP contribution in [0.1, 0.15) is 16.7 Å². The second-order valence-corrected chi connectivity index (χ2v) is 7.05. The molecule has 0 aliphatic carbocycles. The molecule has 7 nitrogen and oxygen atoms in total. The lowest BCUT2D eigenvalue weighted by Crippen LogP contribution is -2.28. The molecule has 7 heteroatoms. The van der Waals surface area contributed by atoms with Crippen molar-refractivity contribution >= 4 is 22.6 Å². The number of amides is 1. The van der Waals surface area contributed by atoms with Crippen molar-refractivity contribution in [2.75, 3.05) is 5.32 Å². The van der Waals surface area contributed by atoms with Crippen LogP contribution in [0, 0.1) is 20.8 Å². The number of para-hydroxylation sites is 1. The fourth-order valence-corrected chi connectivity index (χ4v) is 3.27. The SMILES string of the molecule is Cc1ccccc1-n1ncc2c(=O)n(CC(=O)Nc3cccc(C)c3C)cnc21. The molecule has 0 saturated heterocycles. The van der Waals surface area contributed by atoms with Crippen molar-refractivity contribution in [1.82, 2.24) is 19.3 Å². The highest BCUT2D eigenvalue weighted by atomic mass is 16.2. The lowest BCUT2D eigenvalue weighted by atomic mass is 10.1. The van der Waals surface area contributed by atoms with Crippen LogP contribution in [-0.4, -0.2) is 25.2 Å². The van der Waals surface area contributed by atoms with E-state index in [1.807, 2.05) is 63.2 Å². The first-order valence-corrected chi connectivity index (χ1v) is 9.31. The van der Waals surface area contributed by atoms with Gasteiger partial charge < -0.3 is 5.32 Å². The van der Waals surface area contributed by atoms with Crippen LogP contribution in [0.5, 0.6) is 0 Å². The lowest BCUT2D eigenvalue weighted by Gasteiger charge is -2.11. The summed E-state index contributed by atoms with van der Waals surface area (Å²) >= 11 is 0. The van der Waals surface area contributed by atoms with Crippen molar-refractivity contribution in [2.24, 2.45) is 0 Å². The van der Waals surface area contributed by atoms with Gasteiger partial charge in [-0.15, -0.1) is 0 Å². The van der Waals surface area contributed by atoms with Gasteiger partial charge in [-0.3, -0.25) is 14.2 Å². The summed E-state index contributed by atoms with van der Waals surface area (Å²) in [6, 6.07) is 13.5. The summed E-state index contributed by atoms with van der Waals surface area (Å²) in [7, 11) is 0. The minimum Gasteiger partial charge on any atom is -0.324 e. The monoisotopic (exact) mass is 387 g/mol. The molecule has 4 rings (SSSR count). The molecule has 0 radical (unpaired) electrons.